The Morgan fingerprint density at radius 2 is 1.72 bits per heavy atom. The molecule has 0 aromatic carbocycles. The maximum Gasteiger partial charge on any atom is 0.219 e. The second-order valence-electron chi connectivity index (χ2n) is 5.36. The molecule has 2 fully saturated rings. The van der Waals surface area contributed by atoms with Crippen molar-refractivity contribution >= 4 is 15.9 Å². The van der Waals surface area contributed by atoms with Crippen LogP contribution >= 0.6 is 0 Å². The zero-order valence-corrected chi connectivity index (χ0v) is 11.9. The highest BCUT2D eigenvalue weighted by Crippen LogP contribution is 2.30. The molecular weight excluding hydrogens is 252 g/mol. The Hall–Kier alpha value is -0.620. The highest BCUT2D eigenvalue weighted by molar-refractivity contribution is 7.88. The summed E-state index contributed by atoms with van der Waals surface area (Å²) in [4.78, 5) is 13.6. The summed E-state index contributed by atoms with van der Waals surface area (Å²) in [6, 6.07) is 0.0635. The molecule has 104 valence electrons. The molecule has 0 spiro atoms. The second kappa shape index (κ2) is 5.17. The van der Waals surface area contributed by atoms with Crippen LogP contribution in [0.25, 0.3) is 0 Å². The molecule has 0 aromatic heterocycles. The van der Waals surface area contributed by atoms with E-state index in [1.165, 1.54) is 6.26 Å². The number of likely N-dealkylation sites (tertiary alicyclic amines) is 1. The molecule has 2 heterocycles. The average molecular weight is 274 g/mol. The van der Waals surface area contributed by atoms with Crippen LogP contribution in [0.5, 0.6) is 0 Å². The maximum atomic E-state index is 11.9. The molecule has 2 rings (SSSR count). The fourth-order valence-electron chi connectivity index (χ4n) is 3.31. The highest BCUT2D eigenvalue weighted by atomic mass is 32.2. The van der Waals surface area contributed by atoms with E-state index in [2.05, 4.69) is 0 Å². The molecule has 0 radical (unpaired) electrons. The minimum Gasteiger partial charge on any atom is -0.338 e. The van der Waals surface area contributed by atoms with Gasteiger partial charge in [0.2, 0.25) is 15.9 Å². The minimum atomic E-state index is -3.17. The zero-order chi connectivity index (χ0) is 13.3. The summed E-state index contributed by atoms with van der Waals surface area (Å²) in [6.07, 6.45) is 5.90. The number of carbonyl (C=O) groups excluding carboxylic acids is 1. The molecule has 0 N–H and O–H groups in total. The quantitative estimate of drug-likeness (QED) is 0.711. The number of rotatable bonds is 1. The summed E-state index contributed by atoms with van der Waals surface area (Å²) >= 11 is 0. The van der Waals surface area contributed by atoms with Gasteiger partial charge in [-0.3, -0.25) is 4.79 Å². The van der Waals surface area contributed by atoms with Crippen molar-refractivity contribution in [1.29, 1.82) is 0 Å². The molecule has 0 aliphatic carbocycles. The Morgan fingerprint density at radius 1 is 1.06 bits per heavy atom. The van der Waals surface area contributed by atoms with Gasteiger partial charge in [-0.05, 0) is 25.7 Å². The van der Waals surface area contributed by atoms with Gasteiger partial charge >= 0.3 is 0 Å². The standard InChI is InChI=1S/C12H22N2O3S/c1-10(15)13-8-4-3-6-12-11(13)7-5-9-14(12)18(2,16)17/h11-12H,3-9H2,1-2H3/t11-,12-/m1/s1. The van der Waals surface area contributed by atoms with Gasteiger partial charge in [0.25, 0.3) is 0 Å². The topological polar surface area (TPSA) is 57.7 Å². The van der Waals surface area contributed by atoms with Crippen LogP contribution in [0, 0.1) is 0 Å². The SMILES string of the molecule is CC(=O)N1CCCC[C@@H]2[C@H]1CCCN2S(C)(=O)=O. The first-order valence-corrected chi connectivity index (χ1v) is 8.50. The van der Waals surface area contributed by atoms with Gasteiger partial charge in [0.1, 0.15) is 0 Å². The molecule has 0 aromatic rings. The van der Waals surface area contributed by atoms with Crippen LogP contribution in [0.4, 0.5) is 0 Å². The lowest BCUT2D eigenvalue weighted by Crippen LogP contribution is -2.56. The van der Waals surface area contributed by atoms with Crippen molar-refractivity contribution in [2.75, 3.05) is 19.3 Å². The predicted octanol–water partition coefficient (Wildman–Crippen LogP) is 0.811. The van der Waals surface area contributed by atoms with E-state index in [0.29, 0.717) is 6.54 Å². The lowest BCUT2D eigenvalue weighted by molar-refractivity contribution is -0.132. The molecular formula is C12H22N2O3S. The van der Waals surface area contributed by atoms with Gasteiger partial charge in [-0.1, -0.05) is 6.42 Å². The first-order chi connectivity index (χ1) is 8.41. The van der Waals surface area contributed by atoms with E-state index >= 15 is 0 Å². The Kier molecular flexibility index (Phi) is 3.96. The first kappa shape index (κ1) is 13.8. The second-order valence-corrected chi connectivity index (χ2v) is 7.29. The lowest BCUT2D eigenvalue weighted by atomic mass is 9.94. The predicted molar refractivity (Wildman–Crippen MR) is 69.6 cm³/mol. The number of carbonyl (C=O) groups is 1. The van der Waals surface area contributed by atoms with E-state index < -0.39 is 10.0 Å². The van der Waals surface area contributed by atoms with Crippen LogP contribution in [0.2, 0.25) is 0 Å². The van der Waals surface area contributed by atoms with Crippen molar-refractivity contribution in [3.63, 3.8) is 0 Å². The Bertz CT molecular complexity index is 421. The van der Waals surface area contributed by atoms with Gasteiger partial charge in [-0.2, -0.15) is 4.31 Å². The fourth-order valence-corrected chi connectivity index (χ4v) is 4.51. The largest absolute Gasteiger partial charge is 0.338 e. The first-order valence-electron chi connectivity index (χ1n) is 6.65. The molecule has 2 saturated heterocycles. The molecule has 0 bridgehead atoms. The van der Waals surface area contributed by atoms with Gasteiger partial charge in [0.05, 0.1) is 6.26 Å². The molecule has 1 amide bonds. The van der Waals surface area contributed by atoms with Crippen LogP contribution in [0.3, 0.4) is 0 Å². The molecule has 2 atom stereocenters. The van der Waals surface area contributed by atoms with Crippen LogP contribution < -0.4 is 0 Å². The smallest absolute Gasteiger partial charge is 0.219 e. The summed E-state index contributed by atoms with van der Waals surface area (Å²) in [7, 11) is -3.17. The summed E-state index contributed by atoms with van der Waals surface area (Å²) in [6.45, 7) is 2.96. The molecule has 0 saturated carbocycles. The van der Waals surface area contributed by atoms with Crippen LogP contribution in [0.1, 0.15) is 39.0 Å². The van der Waals surface area contributed by atoms with Gasteiger partial charge in [-0.25, -0.2) is 8.42 Å². The average Bonchev–Trinajstić information content (AvgIpc) is 2.48. The molecule has 2 aliphatic rings. The van der Waals surface area contributed by atoms with Crippen molar-refractivity contribution < 1.29 is 13.2 Å². The van der Waals surface area contributed by atoms with E-state index in [4.69, 9.17) is 0 Å². The lowest BCUT2D eigenvalue weighted by Gasteiger charge is -2.43. The fraction of sp³-hybridized carbons (Fsp3) is 0.917. The summed E-state index contributed by atoms with van der Waals surface area (Å²) in [5.41, 5.74) is 0. The van der Waals surface area contributed by atoms with Crippen LogP contribution in [-0.2, 0) is 14.8 Å². The van der Waals surface area contributed by atoms with Gasteiger partial charge < -0.3 is 4.90 Å². The zero-order valence-electron chi connectivity index (χ0n) is 11.1. The number of hydrogen-bond donors (Lipinski definition) is 0. The van der Waals surface area contributed by atoms with Crippen molar-refractivity contribution in [2.24, 2.45) is 0 Å². The highest BCUT2D eigenvalue weighted by Gasteiger charge is 2.40. The van der Waals surface area contributed by atoms with Crippen molar-refractivity contribution in [3.05, 3.63) is 0 Å². The number of amides is 1. The van der Waals surface area contributed by atoms with Gasteiger partial charge in [0.15, 0.2) is 0 Å². The number of nitrogens with zero attached hydrogens (tertiary/aromatic N) is 2. The van der Waals surface area contributed by atoms with Crippen molar-refractivity contribution in [1.82, 2.24) is 9.21 Å². The normalized spacial score (nSPS) is 30.7. The number of fused-ring (bicyclic) bond motifs is 1. The third kappa shape index (κ3) is 2.69. The van der Waals surface area contributed by atoms with Gasteiger partial charge in [0, 0.05) is 32.1 Å². The Balaban J connectivity index is 2.29. The van der Waals surface area contributed by atoms with E-state index in [1.54, 1.807) is 11.2 Å². The van der Waals surface area contributed by atoms with E-state index in [0.717, 1.165) is 38.6 Å². The molecule has 18 heavy (non-hydrogen) atoms. The summed E-state index contributed by atoms with van der Waals surface area (Å²) < 4.78 is 25.3. The third-order valence-electron chi connectivity index (χ3n) is 4.07. The monoisotopic (exact) mass is 274 g/mol. The van der Waals surface area contributed by atoms with Crippen LogP contribution in [0.15, 0.2) is 0 Å². The van der Waals surface area contributed by atoms with Crippen molar-refractivity contribution in [3.8, 4) is 0 Å². The van der Waals surface area contributed by atoms with E-state index in [-0.39, 0.29) is 18.0 Å². The molecule has 2 aliphatic heterocycles. The number of hydrogen-bond acceptors (Lipinski definition) is 3. The molecule has 6 heteroatoms. The Morgan fingerprint density at radius 3 is 2.33 bits per heavy atom. The Labute approximate surface area is 109 Å². The maximum absolute atomic E-state index is 11.9. The van der Waals surface area contributed by atoms with Gasteiger partial charge in [-0.15, -0.1) is 0 Å². The minimum absolute atomic E-state index is 0.0138. The molecule has 0 unspecified atom stereocenters. The summed E-state index contributed by atoms with van der Waals surface area (Å²) in [5, 5.41) is 0. The number of sulfonamides is 1. The van der Waals surface area contributed by atoms with E-state index in [1.807, 2.05) is 4.90 Å². The summed E-state index contributed by atoms with van der Waals surface area (Å²) in [5.74, 6) is 0.0715. The number of piperidine rings is 1. The third-order valence-corrected chi connectivity index (χ3v) is 5.38. The van der Waals surface area contributed by atoms with E-state index in [9.17, 15) is 13.2 Å². The van der Waals surface area contributed by atoms with Crippen LogP contribution in [-0.4, -0.2) is 55.0 Å². The van der Waals surface area contributed by atoms with Crippen molar-refractivity contribution in [2.45, 2.75) is 51.1 Å². The molecule has 5 nitrogen and oxygen atoms in total.